The Labute approximate surface area is 168 Å². The zero-order valence-corrected chi connectivity index (χ0v) is 16.4. The summed E-state index contributed by atoms with van der Waals surface area (Å²) in [6, 6.07) is 17.4. The van der Waals surface area contributed by atoms with Gasteiger partial charge in [0.1, 0.15) is 0 Å². The fraction of sp³-hybridized carbons (Fsp3) is 0.348. The molecule has 1 heterocycles. The number of rotatable bonds is 7. The molecule has 2 atom stereocenters. The van der Waals surface area contributed by atoms with Crippen LogP contribution < -0.4 is 0 Å². The van der Waals surface area contributed by atoms with Gasteiger partial charge in [-0.3, -0.25) is 4.98 Å². The van der Waals surface area contributed by atoms with Crippen LogP contribution in [0, 0.1) is 0 Å². The zero-order chi connectivity index (χ0) is 21.1. The molecule has 0 bridgehead atoms. The van der Waals surface area contributed by atoms with Gasteiger partial charge < -0.3 is 9.84 Å². The largest absolute Gasteiger partial charge is 0.417 e. The highest BCUT2D eigenvalue weighted by Gasteiger charge is 2.56. The van der Waals surface area contributed by atoms with E-state index in [9.17, 15) is 18.3 Å². The number of hydrogen-bond acceptors (Lipinski definition) is 3. The summed E-state index contributed by atoms with van der Waals surface area (Å²) < 4.78 is 47.8. The van der Waals surface area contributed by atoms with Crippen LogP contribution in [0.2, 0.25) is 0 Å². The van der Waals surface area contributed by atoms with Gasteiger partial charge in [-0.2, -0.15) is 13.2 Å². The molecular weight excluding hydrogens is 379 g/mol. The summed E-state index contributed by atoms with van der Waals surface area (Å²) in [6.45, 7) is 1.74. The predicted octanol–water partition coefficient (Wildman–Crippen LogP) is 5.07. The van der Waals surface area contributed by atoms with Crippen LogP contribution in [0.1, 0.15) is 24.5 Å². The molecule has 154 valence electrons. The van der Waals surface area contributed by atoms with Gasteiger partial charge in [0.15, 0.2) is 5.60 Å². The van der Waals surface area contributed by atoms with Crippen LogP contribution in [0.5, 0.6) is 0 Å². The minimum atomic E-state index is -4.82. The van der Waals surface area contributed by atoms with Crippen molar-refractivity contribution in [3.05, 3.63) is 78.0 Å². The molecule has 0 aliphatic rings. The molecule has 3 nitrogen and oxygen atoms in total. The standard InChI is InChI=1S/C23H24F3NO2/c1-21(16-29-2,18-8-4-3-5-9-18)15-22(28,23(24,25)26)14-17-12-13-27-20-11-7-6-10-19(17)20/h3-13,28H,14-16H2,1-2H3. The smallest absolute Gasteiger partial charge is 0.384 e. The Hall–Kier alpha value is -2.44. The first-order chi connectivity index (χ1) is 13.7. The maximum absolute atomic E-state index is 14.2. The van der Waals surface area contributed by atoms with E-state index in [2.05, 4.69) is 4.98 Å². The van der Waals surface area contributed by atoms with Gasteiger partial charge >= 0.3 is 6.18 Å². The number of halogens is 3. The molecule has 0 aliphatic carbocycles. The maximum atomic E-state index is 14.2. The highest BCUT2D eigenvalue weighted by atomic mass is 19.4. The third-order valence-electron chi connectivity index (χ3n) is 5.37. The van der Waals surface area contributed by atoms with E-state index in [0.717, 1.165) is 0 Å². The van der Waals surface area contributed by atoms with Crippen molar-refractivity contribution in [3.8, 4) is 0 Å². The van der Waals surface area contributed by atoms with Gasteiger partial charge in [0.25, 0.3) is 0 Å². The van der Waals surface area contributed by atoms with Crippen molar-refractivity contribution in [1.82, 2.24) is 4.98 Å². The summed E-state index contributed by atoms with van der Waals surface area (Å²) >= 11 is 0. The van der Waals surface area contributed by atoms with Crippen LogP contribution in [0.15, 0.2) is 66.9 Å². The van der Waals surface area contributed by atoms with Crippen LogP contribution in [-0.4, -0.2) is 35.6 Å². The lowest BCUT2D eigenvalue weighted by atomic mass is 9.72. The molecule has 0 radical (unpaired) electrons. The molecule has 0 saturated carbocycles. The Morgan fingerprint density at radius 2 is 1.62 bits per heavy atom. The number of ether oxygens (including phenoxy) is 1. The molecule has 6 heteroatoms. The van der Waals surface area contributed by atoms with Gasteiger partial charge in [0, 0.05) is 30.5 Å². The first-order valence-electron chi connectivity index (χ1n) is 9.35. The first-order valence-corrected chi connectivity index (χ1v) is 9.35. The maximum Gasteiger partial charge on any atom is 0.417 e. The average Bonchev–Trinajstić information content (AvgIpc) is 2.68. The molecule has 29 heavy (non-hydrogen) atoms. The molecule has 1 aromatic heterocycles. The van der Waals surface area contributed by atoms with Gasteiger partial charge in [-0.1, -0.05) is 55.5 Å². The second-order valence-electron chi connectivity index (χ2n) is 7.73. The number of alkyl halides is 3. The SMILES string of the molecule is COCC(C)(CC(O)(Cc1ccnc2ccccc12)C(F)(F)F)c1ccccc1. The number of para-hydroxylation sites is 1. The van der Waals surface area contributed by atoms with Crippen LogP contribution in [0.3, 0.4) is 0 Å². The Morgan fingerprint density at radius 3 is 2.28 bits per heavy atom. The van der Waals surface area contributed by atoms with Crippen molar-refractivity contribution in [1.29, 1.82) is 0 Å². The predicted molar refractivity (Wildman–Crippen MR) is 107 cm³/mol. The number of methoxy groups -OCH3 is 1. The lowest BCUT2D eigenvalue weighted by molar-refractivity contribution is -0.267. The number of hydrogen-bond donors (Lipinski definition) is 1. The summed E-state index contributed by atoms with van der Waals surface area (Å²) in [6.07, 6.45) is -4.44. The second-order valence-corrected chi connectivity index (χ2v) is 7.73. The monoisotopic (exact) mass is 403 g/mol. The van der Waals surface area contributed by atoms with Gasteiger partial charge in [0.05, 0.1) is 12.1 Å². The van der Waals surface area contributed by atoms with E-state index in [4.69, 9.17) is 4.74 Å². The number of benzene rings is 2. The normalized spacial score (nSPS) is 16.3. The number of aromatic nitrogens is 1. The van der Waals surface area contributed by atoms with E-state index in [1.54, 1.807) is 61.5 Å². The second kappa shape index (κ2) is 8.13. The third-order valence-corrected chi connectivity index (χ3v) is 5.37. The summed E-state index contributed by atoms with van der Waals surface area (Å²) in [4.78, 5) is 4.20. The van der Waals surface area contributed by atoms with Gasteiger partial charge in [-0.15, -0.1) is 0 Å². The molecule has 3 rings (SSSR count). The summed E-state index contributed by atoms with van der Waals surface area (Å²) in [7, 11) is 1.45. The van der Waals surface area contributed by atoms with Crippen LogP contribution in [-0.2, 0) is 16.6 Å². The van der Waals surface area contributed by atoms with Crippen molar-refractivity contribution in [2.75, 3.05) is 13.7 Å². The molecular formula is C23H24F3NO2. The zero-order valence-electron chi connectivity index (χ0n) is 16.4. The van der Waals surface area contributed by atoms with Gasteiger partial charge in [-0.05, 0) is 29.7 Å². The minimum Gasteiger partial charge on any atom is -0.384 e. The van der Waals surface area contributed by atoms with E-state index in [-0.39, 0.29) is 6.61 Å². The Kier molecular flexibility index (Phi) is 5.96. The number of aliphatic hydroxyl groups is 1. The van der Waals surface area contributed by atoms with Crippen LogP contribution >= 0.6 is 0 Å². The number of fused-ring (bicyclic) bond motifs is 1. The molecule has 0 spiro atoms. The highest BCUT2D eigenvalue weighted by molar-refractivity contribution is 5.81. The van der Waals surface area contributed by atoms with Crippen molar-refractivity contribution >= 4 is 10.9 Å². The average molecular weight is 403 g/mol. The number of nitrogens with zero attached hydrogens (tertiary/aromatic N) is 1. The molecule has 0 aliphatic heterocycles. The van der Waals surface area contributed by atoms with Gasteiger partial charge in [0.2, 0.25) is 0 Å². The van der Waals surface area contributed by atoms with Gasteiger partial charge in [-0.25, -0.2) is 0 Å². The van der Waals surface area contributed by atoms with Crippen LogP contribution in [0.4, 0.5) is 13.2 Å². The van der Waals surface area contributed by atoms with Crippen molar-refractivity contribution in [2.45, 2.75) is 37.0 Å². The molecule has 0 saturated heterocycles. The molecule has 0 fully saturated rings. The highest BCUT2D eigenvalue weighted by Crippen LogP contribution is 2.43. The van der Waals surface area contributed by atoms with Crippen LogP contribution in [0.25, 0.3) is 10.9 Å². The molecule has 1 N–H and O–H groups in total. The van der Waals surface area contributed by atoms with Crippen molar-refractivity contribution in [3.63, 3.8) is 0 Å². The molecule has 3 aromatic rings. The number of pyridine rings is 1. The summed E-state index contributed by atoms with van der Waals surface area (Å²) in [5, 5.41) is 11.6. The van der Waals surface area contributed by atoms with E-state index in [1.165, 1.54) is 19.4 Å². The minimum absolute atomic E-state index is 0.0481. The Bertz CT molecular complexity index is 956. The van der Waals surface area contributed by atoms with E-state index in [1.807, 2.05) is 0 Å². The fourth-order valence-electron chi connectivity index (χ4n) is 3.93. The van der Waals surface area contributed by atoms with Crippen molar-refractivity contribution < 1.29 is 23.0 Å². The Balaban J connectivity index is 2.04. The van der Waals surface area contributed by atoms with E-state index in [0.29, 0.717) is 22.0 Å². The van der Waals surface area contributed by atoms with E-state index >= 15 is 0 Å². The molecule has 2 unspecified atom stereocenters. The van der Waals surface area contributed by atoms with Crippen molar-refractivity contribution in [2.24, 2.45) is 0 Å². The van der Waals surface area contributed by atoms with E-state index < -0.39 is 30.0 Å². The topological polar surface area (TPSA) is 42.4 Å². The molecule has 0 amide bonds. The molecule has 2 aromatic carbocycles. The lowest BCUT2D eigenvalue weighted by Crippen LogP contribution is -2.52. The lowest BCUT2D eigenvalue weighted by Gasteiger charge is -2.40. The summed E-state index contributed by atoms with van der Waals surface area (Å²) in [5.41, 5.74) is -2.27. The quantitative estimate of drug-likeness (QED) is 0.599. The Morgan fingerprint density at radius 1 is 0.966 bits per heavy atom. The fourth-order valence-corrected chi connectivity index (χ4v) is 3.93. The third kappa shape index (κ3) is 4.43. The first kappa shape index (κ1) is 21.3. The summed E-state index contributed by atoms with van der Waals surface area (Å²) in [5.74, 6) is 0.